The number of halogens is 1. The molecular formula is C12H17ClN2O2. The molecule has 0 saturated carbocycles. The van der Waals surface area contributed by atoms with Crippen LogP contribution in [0, 0.1) is 13.8 Å². The molecule has 1 aromatic carbocycles. The third-order valence-corrected chi connectivity index (χ3v) is 2.61. The number of benzene rings is 1. The van der Waals surface area contributed by atoms with E-state index in [0.29, 0.717) is 30.2 Å². The Labute approximate surface area is 106 Å². The summed E-state index contributed by atoms with van der Waals surface area (Å²) < 4.78 is 5.56. The van der Waals surface area contributed by atoms with E-state index < -0.39 is 0 Å². The maximum atomic E-state index is 10.9. The van der Waals surface area contributed by atoms with Gasteiger partial charge in [0.2, 0.25) is 5.91 Å². The fraction of sp³-hybridized carbons (Fsp3) is 0.417. The third kappa shape index (κ3) is 4.24. The molecule has 0 heterocycles. The highest BCUT2D eigenvalue weighted by atomic mass is 35.5. The fourth-order valence-corrected chi connectivity index (χ4v) is 1.94. The first-order valence-electron chi connectivity index (χ1n) is 5.43. The predicted octanol–water partition coefficient (Wildman–Crippen LogP) is 2.11. The smallest absolute Gasteiger partial charge is 0.234 e. The van der Waals surface area contributed by atoms with Crippen molar-refractivity contribution < 1.29 is 9.53 Å². The molecule has 3 N–H and O–H groups in total. The lowest BCUT2D eigenvalue weighted by atomic mass is 10.1. The number of carbonyl (C=O) groups is 1. The van der Waals surface area contributed by atoms with Crippen LogP contribution in [0.2, 0.25) is 5.02 Å². The van der Waals surface area contributed by atoms with Gasteiger partial charge in [0.05, 0.1) is 11.6 Å². The highest BCUT2D eigenvalue weighted by molar-refractivity contribution is 6.32. The van der Waals surface area contributed by atoms with Gasteiger partial charge in [-0.2, -0.15) is 0 Å². The van der Waals surface area contributed by atoms with Crippen molar-refractivity contribution in [3.8, 4) is 5.75 Å². The molecule has 1 amide bonds. The molecule has 0 aliphatic carbocycles. The highest BCUT2D eigenvalue weighted by Gasteiger charge is 2.07. The van der Waals surface area contributed by atoms with Crippen molar-refractivity contribution in [1.29, 1.82) is 0 Å². The quantitative estimate of drug-likeness (QED) is 0.367. The largest absolute Gasteiger partial charge is 0.492 e. The summed E-state index contributed by atoms with van der Waals surface area (Å²) in [6, 6.07) is 3.87. The van der Waals surface area contributed by atoms with E-state index in [0.717, 1.165) is 11.1 Å². The van der Waals surface area contributed by atoms with E-state index in [2.05, 4.69) is 5.43 Å². The van der Waals surface area contributed by atoms with Crippen LogP contribution >= 0.6 is 11.6 Å². The second-order valence-electron chi connectivity index (χ2n) is 3.91. The van der Waals surface area contributed by atoms with Gasteiger partial charge in [0, 0.05) is 6.42 Å². The summed E-state index contributed by atoms with van der Waals surface area (Å²) in [4.78, 5) is 10.9. The van der Waals surface area contributed by atoms with Crippen LogP contribution in [0.1, 0.15) is 24.0 Å². The maximum Gasteiger partial charge on any atom is 0.234 e. The van der Waals surface area contributed by atoms with Crippen LogP contribution in [-0.4, -0.2) is 12.5 Å². The van der Waals surface area contributed by atoms with Crippen molar-refractivity contribution in [1.82, 2.24) is 5.43 Å². The average Bonchev–Trinajstić information content (AvgIpc) is 2.26. The fourth-order valence-electron chi connectivity index (χ4n) is 1.56. The lowest BCUT2D eigenvalue weighted by Crippen LogP contribution is -2.30. The first-order valence-corrected chi connectivity index (χ1v) is 5.81. The Morgan fingerprint density at radius 2 is 2.18 bits per heavy atom. The first-order chi connectivity index (χ1) is 8.04. The average molecular weight is 257 g/mol. The van der Waals surface area contributed by atoms with Crippen molar-refractivity contribution in [3.05, 3.63) is 28.3 Å². The molecule has 4 nitrogen and oxygen atoms in total. The van der Waals surface area contributed by atoms with E-state index in [1.165, 1.54) is 0 Å². The number of hydrazine groups is 1. The van der Waals surface area contributed by atoms with Gasteiger partial charge < -0.3 is 4.74 Å². The number of hydrogen-bond donors (Lipinski definition) is 2. The Hall–Kier alpha value is -1.26. The maximum absolute atomic E-state index is 10.9. The number of aryl methyl sites for hydroxylation is 2. The Balaban J connectivity index is 2.50. The van der Waals surface area contributed by atoms with E-state index >= 15 is 0 Å². The van der Waals surface area contributed by atoms with Crippen LogP contribution in [0.25, 0.3) is 0 Å². The molecule has 0 unspecified atom stereocenters. The zero-order valence-corrected chi connectivity index (χ0v) is 10.8. The van der Waals surface area contributed by atoms with Crippen molar-refractivity contribution >= 4 is 17.5 Å². The van der Waals surface area contributed by atoms with E-state index in [1.54, 1.807) is 0 Å². The van der Waals surface area contributed by atoms with Gasteiger partial charge in [0.1, 0.15) is 5.75 Å². The zero-order valence-electron chi connectivity index (χ0n) is 10.0. The van der Waals surface area contributed by atoms with Gasteiger partial charge in [-0.15, -0.1) is 0 Å². The molecule has 0 radical (unpaired) electrons. The highest BCUT2D eigenvalue weighted by Crippen LogP contribution is 2.29. The van der Waals surface area contributed by atoms with Crippen LogP contribution < -0.4 is 16.0 Å². The molecule has 0 saturated heterocycles. The van der Waals surface area contributed by atoms with E-state index in [-0.39, 0.29) is 5.91 Å². The summed E-state index contributed by atoms with van der Waals surface area (Å²) in [5.74, 6) is 5.46. The van der Waals surface area contributed by atoms with Crippen molar-refractivity contribution in [2.45, 2.75) is 26.7 Å². The molecular weight excluding hydrogens is 240 g/mol. The van der Waals surface area contributed by atoms with E-state index in [4.69, 9.17) is 22.2 Å². The first kappa shape index (κ1) is 13.8. The van der Waals surface area contributed by atoms with Crippen molar-refractivity contribution in [2.75, 3.05) is 6.61 Å². The molecule has 1 aromatic rings. The molecule has 0 spiro atoms. The van der Waals surface area contributed by atoms with Gasteiger partial charge in [-0.25, -0.2) is 5.84 Å². The lowest BCUT2D eigenvalue weighted by molar-refractivity contribution is -0.121. The molecule has 0 aliphatic rings. The number of hydrogen-bond acceptors (Lipinski definition) is 3. The van der Waals surface area contributed by atoms with Crippen LogP contribution in [0.15, 0.2) is 12.1 Å². The van der Waals surface area contributed by atoms with Crippen LogP contribution in [0.3, 0.4) is 0 Å². The lowest BCUT2D eigenvalue weighted by Gasteiger charge is -2.11. The van der Waals surface area contributed by atoms with Gasteiger partial charge in [0.25, 0.3) is 0 Å². The number of nitrogens with two attached hydrogens (primary N) is 1. The minimum atomic E-state index is -0.194. The second-order valence-corrected chi connectivity index (χ2v) is 4.32. The number of amides is 1. The summed E-state index contributed by atoms with van der Waals surface area (Å²) in [5, 5.41) is 0.603. The van der Waals surface area contributed by atoms with Crippen molar-refractivity contribution in [2.24, 2.45) is 5.84 Å². The molecule has 0 bridgehead atoms. The van der Waals surface area contributed by atoms with Crippen LogP contribution in [-0.2, 0) is 4.79 Å². The monoisotopic (exact) mass is 256 g/mol. The minimum Gasteiger partial charge on any atom is -0.492 e. The van der Waals surface area contributed by atoms with Gasteiger partial charge in [-0.1, -0.05) is 17.7 Å². The number of carbonyl (C=O) groups excluding carboxylic acids is 1. The Morgan fingerprint density at radius 1 is 1.47 bits per heavy atom. The Morgan fingerprint density at radius 3 is 2.76 bits per heavy atom. The van der Waals surface area contributed by atoms with E-state index in [1.807, 2.05) is 26.0 Å². The van der Waals surface area contributed by atoms with Gasteiger partial charge >= 0.3 is 0 Å². The van der Waals surface area contributed by atoms with Gasteiger partial charge in [-0.05, 0) is 37.5 Å². The Kier molecular flexibility index (Phi) is 5.25. The van der Waals surface area contributed by atoms with Gasteiger partial charge in [0.15, 0.2) is 0 Å². The third-order valence-electron chi connectivity index (χ3n) is 2.33. The predicted molar refractivity (Wildman–Crippen MR) is 68.0 cm³/mol. The van der Waals surface area contributed by atoms with E-state index in [9.17, 15) is 4.79 Å². The molecule has 0 aliphatic heterocycles. The molecule has 1 rings (SSSR count). The van der Waals surface area contributed by atoms with Crippen molar-refractivity contribution in [3.63, 3.8) is 0 Å². The Bertz CT molecular complexity index is 384. The standard InChI is InChI=1S/C12H17ClN2O2/c1-8-6-9(2)12(10(13)7-8)17-5-3-4-11(16)15-14/h6-7H,3-5,14H2,1-2H3,(H,15,16). The van der Waals surface area contributed by atoms with Gasteiger partial charge in [-0.3, -0.25) is 10.2 Å². The summed E-state index contributed by atoms with van der Waals surface area (Å²) in [7, 11) is 0. The summed E-state index contributed by atoms with van der Waals surface area (Å²) in [5.41, 5.74) is 4.17. The second kappa shape index (κ2) is 6.47. The number of ether oxygens (including phenoxy) is 1. The molecule has 0 aromatic heterocycles. The van der Waals surface area contributed by atoms with Crippen LogP contribution in [0.4, 0.5) is 0 Å². The SMILES string of the molecule is Cc1cc(C)c(OCCCC(=O)NN)c(Cl)c1. The molecule has 94 valence electrons. The zero-order chi connectivity index (χ0) is 12.8. The molecule has 0 atom stereocenters. The topological polar surface area (TPSA) is 64.3 Å². The normalized spacial score (nSPS) is 10.1. The summed E-state index contributed by atoms with van der Waals surface area (Å²) in [6.45, 7) is 4.37. The summed E-state index contributed by atoms with van der Waals surface area (Å²) in [6.07, 6.45) is 0.950. The molecule has 0 fully saturated rings. The van der Waals surface area contributed by atoms with Crippen LogP contribution in [0.5, 0.6) is 5.75 Å². The number of nitrogens with one attached hydrogen (secondary N) is 1. The molecule has 5 heteroatoms. The molecule has 17 heavy (non-hydrogen) atoms. The number of rotatable bonds is 5. The minimum absolute atomic E-state index is 0.194. The summed E-state index contributed by atoms with van der Waals surface area (Å²) >= 11 is 6.08.